The zero-order valence-electron chi connectivity index (χ0n) is 10.1. The van der Waals surface area contributed by atoms with Crippen LogP contribution >= 0.6 is 11.6 Å². The number of rotatable bonds is 7. The highest BCUT2D eigenvalue weighted by Crippen LogP contribution is 2.36. The predicted octanol–water partition coefficient (Wildman–Crippen LogP) is 2.81. The monoisotopic (exact) mass is 261 g/mol. The van der Waals surface area contributed by atoms with Crippen molar-refractivity contribution < 1.29 is 13.9 Å². The molecule has 0 saturated carbocycles. The summed E-state index contributed by atoms with van der Waals surface area (Å²) >= 11 is 6.10. The van der Waals surface area contributed by atoms with E-state index in [1.54, 1.807) is 7.11 Å². The van der Waals surface area contributed by atoms with Crippen LogP contribution in [0.5, 0.6) is 11.5 Å². The first-order chi connectivity index (χ1) is 8.22. The summed E-state index contributed by atoms with van der Waals surface area (Å²) in [5.74, 6) is 1.05. The van der Waals surface area contributed by atoms with Crippen LogP contribution in [0.25, 0.3) is 0 Å². The summed E-state index contributed by atoms with van der Waals surface area (Å²) in [6, 6.07) is 3.67. The highest BCUT2D eigenvalue weighted by molar-refractivity contribution is 6.32. The molecule has 96 valence electrons. The van der Waals surface area contributed by atoms with Crippen LogP contribution in [0.2, 0.25) is 5.02 Å². The van der Waals surface area contributed by atoms with Crippen LogP contribution < -0.4 is 14.8 Å². The number of hydrogen-bond acceptors (Lipinski definition) is 3. The van der Waals surface area contributed by atoms with Gasteiger partial charge in [-0.05, 0) is 24.7 Å². The molecule has 0 saturated heterocycles. The Balaban J connectivity index is 2.87. The third-order valence-corrected chi connectivity index (χ3v) is 2.48. The second kappa shape index (κ2) is 7.35. The van der Waals surface area contributed by atoms with E-state index in [0.717, 1.165) is 5.56 Å². The molecule has 0 spiro atoms. The van der Waals surface area contributed by atoms with Crippen LogP contribution in [0.4, 0.5) is 4.39 Å². The average molecular weight is 262 g/mol. The van der Waals surface area contributed by atoms with Crippen molar-refractivity contribution in [3.8, 4) is 11.5 Å². The maximum Gasteiger partial charge on any atom is 0.179 e. The molecule has 0 aromatic heterocycles. The van der Waals surface area contributed by atoms with Gasteiger partial charge in [0.2, 0.25) is 0 Å². The Hall–Kier alpha value is -1.00. The molecule has 0 unspecified atom stereocenters. The summed E-state index contributed by atoms with van der Waals surface area (Å²) in [7, 11) is 3.41. The van der Waals surface area contributed by atoms with Gasteiger partial charge in [0.25, 0.3) is 0 Å². The van der Waals surface area contributed by atoms with Crippen molar-refractivity contribution in [3.05, 3.63) is 22.7 Å². The third kappa shape index (κ3) is 4.06. The largest absolute Gasteiger partial charge is 0.493 e. The second-order valence-electron chi connectivity index (χ2n) is 3.53. The van der Waals surface area contributed by atoms with E-state index in [1.165, 1.54) is 0 Å². The minimum atomic E-state index is -0.405. The number of methoxy groups -OCH3 is 1. The molecular weight excluding hydrogens is 245 g/mol. The average Bonchev–Trinajstić information content (AvgIpc) is 2.32. The standard InChI is InChI=1S/C12H17ClFNO2/c1-15-8-9-6-10(13)12(11(7-9)16-2)17-5-3-4-14/h6-7,15H,3-5,8H2,1-2H3. The summed E-state index contributed by atoms with van der Waals surface area (Å²) < 4.78 is 22.6. The number of alkyl halides is 1. The molecule has 1 aromatic carbocycles. The van der Waals surface area contributed by atoms with Crippen molar-refractivity contribution in [1.82, 2.24) is 5.32 Å². The molecule has 0 aliphatic carbocycles. The van der Waals surface area contributed by atoms with Crippen molar-refractivity contribution in [2.75, 3.05) is 27.4 Å². The first-order valence-electron chi connectivity index (χ1n) is 5.42. The molecule has 0 heterocycles. The number of hydrogen-bond donors (Lipinski definition) is 1. The van der Waals surface area contributed by atoms with Gasteiger partial charge in [-0.15, -0.1) is 0 Å². The van der Waals surface area contributed by atoms with Crippen LogP contribution in [-0.2, 0) is 6.54 Å². The molecule has 3 nitrogen and oxygen atoms in total. The van der Waals surface area contributed by atoms with Crippen LogP contribution in [-0.4, -0.2) is 27.4 Å². The zero-order valence-corrected chi connectivity index (χ0v) is 10.8. The van der Waals surface area contributed by atoms with Crippen LogP contribution in [0.1, 0.15) is 12.0 Å². The Labute approximate surface area is 106 Å². The fourth-order valence-electron chi connectivity index (χ4n) is 1.45. The van der Waals surface area contributed by atoms with Crippen molar-refractivity contribution in [2.45, 2.75) is 13.0 Å². The fraction of sp³-hybridized carbons (Fsp3) is 0.500. The van der Waals surface area contributed by atoms with Gasteiger partial charge in [-0.2, -0.15) is 0 Å². The molecule has 0 radical (unpaired) electrons. The van der Waals surface area contributed by atoms with Gasteiger partial charge in [0.1, 0.15) is 0 Å². The number of halogens is 2. The minimum absolute atomic E-state index is 0.290. The molecule has 1 aromatic rings. The molecule has 0 atom stereocenters. The summed E-state index contributed by atoms with van der Waals surface area (Å²) in [4.78, 5) is 0. The van der Waals surface area contributed by atoms with Gasteiger partial charge >= 0.3 is 0 Å². The van der Waals surface area contributed by atoms with Gasteiger partial charge in [0, 0.05) is 13.0 Å². The second-order valence-corrected chi connectivity index (χ2v) is 3.94. The van der Waals surface area contributed by atoms with Gasteiger partial charge in [0.05, 0.1) is 25.4 Å². The Morgan fingerprint density at radius 1 is 1.41 bits per heavy atom. The molecule has 1 rings (SSSR count). The smallest absolute Gasteiger partial charge is 0.179 e. The van der Waals surface area contributed by atoms with E-state index in [4.69, 9.17) is 21.1 Å². The Morgan fingerprint density at radius 2 is 2.18 bits per heavy atom. The summed E-state index contributed by atoms with van der Waals surface area (Å²) in [5.41, 5.74) is 1.01. The molecule has 0 aliphatic rings. The van der Waals surface area contributed by atoms with Crippen molar-refractivity contribution >= 4 is 11.6 Å². The Bertz CT molecular complexity index is 361. The van der Waals surface area contributed by atoms with E-state index < -0.39 is 6.67 Å². The summed E-state index contributed by atoms with van der Waals surface area (Å²) in [6.07, 6.45) is 0.345. The highest BCUT2D eigenvalue weighted by Gasteiger charge is 2.11. The van der Waals surface area contributed by atoms with Crippen molar-refractivity contribution in [3.63, 3.8) is 0 Å². The van der Waals surface area contributed by atoms with Gasteiger partial charge in [0.15, 0.2) is 11.5 Å². The lowest BCUT2D eigenvalue weighted by Crippen LogP contribution is -2.06. The van der Waals surface area contributed by atoms with Gasteiger partial charge in [-0.1, -0.05) is 11.6 Å². The summed E-state index contributed by atoms with van der Waals surface area (Å²) in [6.45, 7) is 0.580. The quantitative estimate of drug-likeness (QED) is 0.766. The predicted molar refractivity (Wildman–Crippen MR) is 66.9 cm³/mol. The topological polar surface area (TPSA) is 30.5 Å². The highest BCUT2D eigenvalue weighted by atomic mass is 35.5. The third-order valence-electron chi connectivity index (χ3n) is 2.19. The van der Waals surface area contributed by atoms with E-state index >= 15 is 0 Å². The van der Waals surface area contributed by atoms with Gasteiger partial charge in [-0.25, -0.2) is 0 Å². The number of ether oxygens (including phenoxy) is 2. The van der Waals surface area contributed by atoms with Crippen molar-refractivity contribution in [2.24, 2.45) is 0 Å². The maximum atomic E-state index is 12.0. The zero-order chi connectivity index (χ0) is 12.7. The Morgan fingerprint density at radius 3 is 2.76 bits per heavy atom. The molecule has 0 fully saturated rings. The van der Waals surface area contributed by atoms with E-state index in [1.807, 2.05) is 19.2 Å². The molecular formula is C12H17ClFNO2. The van der Waals surface area contributed by atoms with E-state index in [0.29, 0.717) is 29.5 Å². The molecule has 1 N–H and O–H groups in total. The van der Waals surface area contributed by atoms with E-state index in [-0.39, 0.29) is 6.61 Å². The number of nitrogens with one attached hydrogen (secondary N) is 1. The summed E-state index contributed by atoms with van der Waals surface area (Å²) in [5, 5.41) is 3.51. The first kappa shape index (κ1) is 14.1. The van der Waals surface area contributed by atoms with Crippen LogP contribution in [0.15, 0.2) is 12.1 Å². The molecule has 17 heavy (non-hydrogen) atoms. The molecule has 0 aliphatic heterocycles. The number of benzene rings is 1. The van der Waals surface area contributed by atoms with E-state index in [2.05, 4.69) is 5.32 Å². The Kier molecular flexibility index (Phi) is 6.08. The fourth-order valence-corrected chi connectivity index (χ4v) is 1.74. The molecule has 5 heteroatoms. The normalized spacial score (nSPS) is 10.4. The lowest BCUT2D eigenvalue weighted by molar-refractivity contribution is 0.274. The van der Waals surface area contributed by atoms with Crippen molar-refractivity contribution in [1.29, 1.82) is 0 Å². The maximum absolute atomic E-state index is 12.0. The van der Waals surface area contributed by atoms with Gasteiger partial charge in [-0.3, -0.25) is 4.39 Å². The van der Waals surface area contributed by atoms with E-state index in [9.17, 15) is 4.39 Å². The SMILES string of the molecule is CNCc1cc(Cl)c(OCCCF)c(OC)c1. The van der Waals surface area contributed by atoms with Crippen LogP contribution in [0.3, 0.4) is 0 Å². The lowest BCUT2D eigenvalue weighted by Gasteiger charge is -2.13. The van der Waals surface area contributed by atoms with Gasteiger partial charge < -0.3 is 14.8 Å². The van der Waals surface area contributed by atoms with Crippen LogP contribution in [0, 0.1) is 0 Å². The minimum Gasteiger partial charge on any atom is -0.493 e. The molecule has 0 amide bonds. The first-order valence-corrected chi connectivity index (χ1v) is 5.80. The lowest BCUT2D eigenvalue weighted by atomic mass is 10.2. The molecule has 0 bridgehead atoms.